The van der Waals surface area contributed by atoms with Crippen LogP contribution in [0.3, 0.4) is 0 Å². The van der Waals surface area contributed by atoms with Crippen molar-refractivity contribution >= 4 is 17.5 Å². The van der Waals surface area contributed by atoms with Gasteiger partial charge >= 0.3 is 0 Å². The van der Waals surface area contributed by atoms with E-state index >= 15 is 0 Å². The van der Waals surface area contributed by atoms with Crippen molar-refractivity contribution in [2.45, 2.75) is 51.3 Å². The van der Waals surface area contributed by atoms with Gasteiger partial charge in [0.25, 0.3) is 11.8 Å². The average Bonchev–Trinajstić information content (AvgIpc) is 3.07. The highest BCUT2D eigenvalue weighted by Gasteiger charge is 2.36. The molecule has 0 fully saturated rings. The molecule has 1 aliphatic heterocycles. The van der Waals surface area contributed by atoms with Crippen LogP contribution in [-0.2, 0) is 17.8 Å². The van der Waals surface area contributed by atoms with Crippen molar-refractivity contribution in [3.63, 3.8) is 0 Å². The predicted octanol–water partition coefficient (Wildman–Crippen LogP) is 5.53. The zero-order chi connectivity index (χ0) is 25.9. The fourth-order valence-corrected chi connectivity index (χ4v) is 5.39. The molecule has 192 valence electrons. The summed E-state index contributed by atoms with van der Waals surface area (Å²) in [6.07, 6.45) is 3.01. The van der Waals surface area contributed by atoms with Crippen LogP contribution in [0.4, 0.5) is 5.69 Å². The second-order valence-electron chi connectivity index (χ2n) is 9.40. The van der Waals surface area contributed by atoms with Crippen LogP contribution in [-0.4, -0.2) is 37.0 Å². The number of carbonyl (C=O) groups excluding carboxylic acids is 2. The van der Waals surface area contributed by atoms with Gasteiger partial charge in [-0.1, -0.05) is 37.3 Å². The molecular formula is C30H32N2O5. The van der Waals surface area contributed by atoms with E-state index in [2.05, 4.69) is 23.5 Å². The molecule has 0 spiro atoms. The Hall–Kier alpha value is -4.00. The quantitative estimate of drug-likeness (QED) is 0.481. The molecule has 0 radical (unpaired) electrons. The average molecular weight is 501 g/mol. The van der Waals surface area contributed by atoms with E-state index in [1.807, 2.05) is 30.0 Å². The number of methoxy groups -OCH3 is 2. The highest BCUT2D eigenvalue weighted by Crippen LogP contribution is 2.39. The Kier molecular flexibility index (Phi) is 7.04. The summed E-state index contributed by atoms with van der Waals surface area (Å²) >= 11 is 0. The second kappa shape index (κ2) is 10.5. The minimum Gasteiger partial charge on any atom is -0.496 e. The molecule has 7 nitrogen and oxygen atoms in total. The molecule has 0 unspecified atom stereocenters. The number of nitrogens with one attached hydrogen (secondary N) is 1. The van der Waals surface area contributed by atoms with Gasteiger partial charge in [-0.25, -0.2) is 0 Å². The molecule has 3 aromatic carbocycles. The minimum absolute atomic E-state index is 0.00265. The van der Waals surface area contributed by atoms with Crippen LogP contribution in [0.1, 0.15) is 59.3 Å². The van der Waals surface area contributed by atoms with Crippen molar-refractivity contribution in [3.8, 4) is 17.2 Å². The molecule has 0 aromatic heterocycles. The van der Waals surface area contributed by atoms with Crippen molar-refractivity contribution in [1.82, 2.24) is 4.90 Å². The first-order valence-corrected chi connectivity index (χ1v) is 12.7. The topological polar surface area (TPSA) is 77.1 Å². The number of fused-ring (bicyclic) bond motifs is 2. The number of amides is 2. The molecule has 1 aliphatic carbocycles. The second-order valence-corrected chi connectivity index (χ2v) is 9.40. The summed E-state index contributed by atoms with van der Waals surface area (Å²) in [4.78, 5) is 28.9. The molecule has 3 aromatic rings. The van der Waals surface area contributed by atoms with Gasteiger partial charge in [0.1, 0.15) is 22.8 Å². The van der Waals surface area contributed by atoms with Crippen molar-refractivity contribution in [2.24, 2.45) is 0 Å². The zero-order valence-corrected chi connectivity index (χ0v) is 21.5. The summed E-state index contributed by atoms with van der Waals surface area (Å²) in [5, 5.41) is 2.97. The predicted molar refractivity (Wildman–Crippen MR) is 141 cm³/mol. The van der Waals surface area contributed by atoms with Crippen molar-refractivity contribution in [2.75, 3.05) is 19.5 Å². The maximum absolute atomic E-state index is 13.6. The van der Waals surface area contributed by atoms with Crippen LogP contribution >= 0.6 is 0 Å². The van der Waals surface area contributed by atoms with E-state index in [-0.39, 0.29) is 17.9 Å². The van der Waals surface area contributed by atoms with Crippen LogP contribution in [0.5, 0.6) is 17.2 Å². The number of benzene rings is 3. The number of hydrogen-bond donors (Lipinski definition) is 1. The van der Waals surface area contributed by atoms with Crippen LogP contribution in [0, 0.1) is 0 Å². The van der Waals surface area contributed by atoms with Gasteiger partial charge in [0.2, 0.25) is 0 Å². The summed E-state index contributed by atoms with van der Waals surface area (Å²) in [7, 11) is 3.04. The lowest BCUT2D eigenvalue weighted by Gasteiger charge is -2.36. The molecule has 2 aliphatic rings. The van der Waals surface area contributed by atoms with Crippen molar-refractivity contribution in [3.05, 3.63) is 82.9 Å². The smallest absolute Gasteiger partial charge is 0.264 e. The lowest BCUT2D eigenvalue weighted by Crippen LogP contribution is -2.42. The highest BCUT2D eigenvalue weighted by atomic mass is 16.5. The normalized spacial score (nSPS) is 18.7. The summed E-state index contributed by atoms with van der Waals surface area (Å²) in [5.41, 5.74) is 4.30. The van der Waals surface area contributed by atoms with E-state index in [1.54, 1.807) is 24.3 Å². The van der Waals surface area contributed by atoms with Gasteiger partial charge in [-0.2, -0.15) is 0 Å². The fraction of sp³-hybridized carbons (Fsp3) is 0.333. The Morgan fingerprint density at radius 3 is 2.51 bits per heavy atom. The molecule has 2 amide bonds. The van der Waals surface area contributed by atoms with E-state index in [0.717, 1.165) is 24.8 Å². The molecular weight excluding hydrogens is 468 g/mol. The van der Waals surface area contributed by atoms with Gasteiger partial charge in [-0.3, -0.25) is 9.59 Å². The van der Waals surface area contributed by atoms with Crippen LogP contribution < -0.4 is 19.5 Å². The standard InChI is InChI=1S/C30H32N2O5/c1-4-24-30(34)32(23-12-7-10-19-9-5-6-11-22(19)23)18-20-17-21(15-16-25(20)37-24)31-29(33)28-26(35-2)13-8-14-27(28)36-3/h5-6,8-9,11,13-17,23-24H,4,7,10,12,18H2,1-3H3,(H,31,33)/t23-,24-/m1/s1. The third kappa shape index (κ3) is 4.73. The summed E-state index contributed by atoms with van der Waals surface area (Å²) in [6.45, 7) is 2.38. The van der Waals surface area contributed by atoms with Crippen LogP contribution in [0.15, 0.2) is 60.7 Å². The summed E-state index contributed by atoms with van der Waals surface area (Å²) in [6, 6.07) is 19.1. The molecule has 0 saturated heterocycles. The third-order valence-corrected chi connectivity index (χ3v) is 7.23. The maximum atomic E-state index is 13.6. The number of ether oxygens (including phenoxy) is 3. The zero-order valence-electron chi connectivity index (χ0n) is 21.5. The molecule has 1 heterocycles. The van der Waals surface area contributed by atoms with Gasteiger partial charge in [0, 0.05) is 11.3 Å². The maximum Gasteiger partial charge on any atom is 0.264 e. The van der Waals surface area contributed by atoms with Gasteiger partial charge in [-0.05, 0) is 67.1 Å². The Bertz CT molecular complexity index is 1300. The van der Waals surface area contributed by atoms with E-state index in [0.29, 0.717) is 41.5 Å². The highest BCUT2D eigenvalue weighted by molar-refractivity contribution is 6.08. The number of anilines is 1. The molecule has 0 bridgehead atoms. The van der Waals surface area contributed by atoms with Crippen LogP contribution in [0.25, 0.3) is 0 Å². The Balaban J connectivity index is 1.47. The Labute approximate surface area is 217 Å². The van der Waals surface area contributed by atoms with E-state index < -0.39 is 6.10 Å². The van der Waals surface area contributed by atoms with Gasteiger partial charge < -0.3 is 24.4 Å². The lowest BCUT2D eigenvalue weighted by atomic mass is 9.86. The van der Waals surface area contributed by atoms with E-state index in [4.69, 9.17) is 14.2 Å². The van der Waals surface area contributed by atoms with E-state index in [9.17, 15) is 9.59 Å². The summed E-state index contributed by atoms with van der Waals surface area (Å²) in [5.74, 6) is 1.18. The lowest BCUT2D eigenvalue weighted by molar-refractivity contribution is -0.141. The molecule has 5 rings (SSSR count). The third-order valence-electron chi connectivity index (χ3n) is 7.23. The van der Waals surface area contributed by atoms with Gasteiger partial charge in [0.15, 0.2) is 6.10 Å². The number of hydrogen-bond acceptors (Lipinski definition) is 5. The van der Waals surface area contributed by atoms with Crippen molar-refractivity contribution < 1.29 is 23.8 Å². The fourth-order valence-electron chi connectivity index (χ4n) is 5.39. The minimum atomic E-state index is -0.548. The Morgan fingerprint density at radius 2 is 1.78 bits per heavy atom. The molecule has 1 N–H and O–H groups in total. The number of nitrogens with zero attached hydrogens (tertiary/aromatic N) is 1. The first kappa shape index (κ1) is 24.7. The first-order valence-electron chi connectivity index (χ1n) is 12.7. The first-order chi connectivity index (χ1) is 18.0. The molecule has 0 saturated carbocycles. The largest absolute Gasteiger partial charge is 0.496 e. The van der Waals surface area contributed by atoms with Gasteiger partial charge in [0.05, 0.1) is 26.8 Å². The number of aryl methyl sites for hydroxylation is 1. The van der Waals surface area contributed by atoms with E-state index in [1.165, 1.54) is 25.3 Å². The molecule has 2 atom stereocenters. The Morgan fingerprint density at radius 1 is 1.03 bits per heavy atom. The van der Waals surface area contributed by atoms with Crippen LogP contribution in [0.2, 0.25) is 0 Å². The monoisotopic (exact) mass is 500 g/mol. The molecule has 37 heavy (non-hydrogen) atoms. The number of carbonyl (C=O) groups is 2. The number of rotatable bonds is 6. The van der Waals surface area contributed by atoms with Gasteiger partial charge in [-0.15, -0.1) is 0 Å². The SMILES string of the molecule is CC[C@H]1Oc2ccc(NC(=O)c3c(OC)cccc3OC)cc2CN([C@@H]2CCCc3ccccc32)C1=O. The van der Waals surface area contributed by atoms with Crippen molar-refractivity contribution in [1.29, 1.82) is 0 Å². The molecule has 7 heteroatoms. The summed E-state index contributed by atoms with van der Waals surface area (Å²) < 4.78 is 17.0.